The summed E-state index contributed by atoms with van der Waals surface area (Å²) in [5.74, 6) is -0.385. The van der Waals surface area contributed by atoms with E-state index in [1.807, 2.05) is 67.5 Å². The molecule has 0 radical (unpaired) electrons. The molecule has 6 heteroatoms. The van der Waals surface area contributed by atoms with Crippen molar-refractivity contribution in [3.05, 3.63) is 58.7 Å². The molecule has 0 aliphatic rings. The number of aliphatic hydroxyl groups is 2. The van der Waals surface area contributed by atoms with E-state index in [-0.39, 0.29) is 49.2 Å². The molecule has 0 atom stereocenters. The fraction of sp³-hybridized carbons (Fsp3) is 0.500. The van der Waals surface area contributed by atoms with Gasteiger partial charge in [0.1, 0.15) is 0 Å². The lowest BCUT2D eigenvalue weighted by molar-refractivity contribution is 0.0629. The van der Waals surface area contributed by atoms with Gasteiger partial charge in [0.25, 0.3) is 11.8 Å². The monoisotopic (exact) mass is 468 g/mol. The first-order chi connectivity index (χ1) is 16.0. The Kier molecular flexibility index (Phi) is 9.42. The molecular formula is C28H40N2O4. The SMILES string of the molecule is CC(C)N(C(=O)c1c(CO)cccc1-c1cccc(CO)c1C(=O)N(C(C)C)C(C)C)C(C)C. The van der Waals surface area contributed by atoms with Gasteiger partial charge in [0.2, 0.25) is 0 Å². The first-order valence-corrected chi connectivity index (χ1v) is 12.1. The van der Waals surface area contributed by atoms with Gasteiger partial charge in [-0.15, -0.1) is 0 Å². The summed E-state index contributed by atoms with van der Waals surface area (Å²) in [5, 5.41) is 20.2. The molecular weight excluding hydrogens is 428 g/mol. The van der Waals surface area contributed by atoms with E-state index in [1.54, 1.807) is 34.1 Å². The molecule has 0 aromatic heterocycles. The first-order valence-electron chi connectivity index (χ1n) is 12.1. The van der Waals surface area contributed by atoms with E-state index in [1.165, 1.54) is 0 Å². The van der Waals surface area contributed by atoms with Crippen LogP contribution in [0.1, 0.15) is 87.2 Å². The van der Waals surface area contributed by atoms with Crippen LogP contribution in [0.3, 0.4) is 0 Å². The molecule has 0 saturated carbocycles. The van der Waals surface area contributed by atoms with E-state index >= 15 is 0 Å². The van der Waals surface area contributed by atoms with Crippen LogP contribution in [0.2, 0.25) is 0 Å². The lowest BCUT2D eigenvalue weighted by Gasteiger charge is -2.33. The second-order valence-electron chi connectivity index (χ2n) is 9.80. The Morgan fingerprint density at radius 1 is 0.618 bits per heavy atom. The molecule has 2 aromatic rings. The van der Waals surface area contributed by atoms with Crippen molar-refractivity contribution in [2.45, 2.75) is 92.8 Å². The average molecular weight is 469 g/mol. The highest BCUT2D eigenvalue weighted by Gasteiger charge is 2.30. The van der Waals surface area contributed by atoms with Crippen molar-refractivity contribution in [3.8, 4) is 11.1 Å². The first kappa shape index (κ1) is 27.5. The van der Waals surface area contributed by atoms with Crippen molar-refractivity contribution in [2.75, 3.05) is 0 Å². The number of benzene rings is 2. The Morgan fingerprint density at radius 2 is 0.912 bits per heavy atom. The second kappa shape index (κ2) is 11.6. The molecule has 0 heterocycles. The minimum absolute atomic E-state index is 0.0469. The van der Waals surface area contributed by atoms with Crippen molar-refractivity contribution >= 4 is 11.8 Å². The molecule has 0 unspecified atom stereocenters. The summed E-state index contributed by atoms with van der Waals surface area (Å²) in [6.07, 6.45) is 0. The lowest BCUT2D eigenvalue weighted by Crippen LogP contribution is -2.43. The topological polar surface area (TPSA) is 81.1 Å². The Balaban J connectivity index is 2.89. The van der Waals surface area contributed by atoms with Crippen LogP contribution < -0.4 is 0 Å². The second-order valence-corrected chi connectivity index (χ2v) is 9.80. The zero-order valence-corrected chi connectivity index (χ0v) is 21.8. The number of hydrogen-bond acceptors (Lipinski definition) is 4. The number of hydrogen-bond donors (Lipinski definition) is 2. The smallest absolute Gasteiger partial charge is 0.255 e. The standard InChI is InChI=1S/C28H40N2O4/c1-17(2)29(18(3)4)27(33)25-21(15-31)11-9-13-23(25)24-14-10-12-22(16-32)26(24)28(34)30(19(5)6)20(7)8/h9-14,17-20,31-32H,15-16H2,1-8H3. The van der Waals surface area contributed by atoms with Crippen molar-refractivity contribution in [1.29, 1.82) is 0 Å². The van der Waals surface area contributed by atoms with Gasteiger partial charge < -0.3 is 20.0 Å². The molecule has 2 aromatic carbocycles. The number of rotatable bonds is 9. The number of carbonyl (C=O) groups excluding carboxylic acids is 2. The maximum Gasteiger partial charge on any atom is 0.255 e. The Hall–Kier alpha value is -2.70. The highest BCUT2D eigenvalue weighted by Crippen LogP contribution is 2.34. The number of aliphatic hydroxyl groups excluding tert-OH is 2. The van der Waals surface area contributed by atoms with E-state index in [0.717, 1.165) is 0 Å². The summed E-state index contributed by atoms with van der Waals surface area (Å²) in [4.78, 5) is 31.3. The fourth-order valence-corrected chi connectivity index (χ4v) is 4.81. The van der Waals surface area contributed by atoms with Gasteiger partial charge in [-0.05, 0) is 77.6 Å². The van der Waals surface area contributed by atoms with E-state index in [9.17, 15) is 19.8 Å². The van der Waals surface area contributed by atoms with Gasteiger partial charge in [-0.25, -0.2) is 0 Å². The quantitative estimate of drug-likeness (QED) is 0.551. The van der Waals surface area contributed by atoms with Gasteiger partial charge in [0.05, 0.1) is 24.3 Å². The summed E-state index contributed by atoms with van der Waals surface area (Å²) < 4.78 is 0. The van der Waals surface area contributed by atoms with Crippen LogP contribution in [0.25, 0.3) is 11.1 Å². The molecule has 0 fully saturated rings. The van der Waals surface area contributed by atoms with Crippen LogP contribution in [-0.2, 0) is 13.2 Å². The van der Waals surface area contributed by atoms with Crippen molar-refractivity contribution in [3.63, 3.8) is 0 Å². The third-order valence-corrected chi connectivity index (χ3v) is 6.05. The van der Waals surface area contributed by atoms with Gasteiger partial charge in [0, 0.05) is 24.2 Å². The van der Waals surface area contributed by atoms with Crippen molar-refractivity contribution in [2.24, 2.45) is 0 Å². The minimum atomic E-state index is -0.300. The van der Waals surface area contributed by atoms with Crippen LogP contribution >= 0.6 is 0 Å². The maximum atomic E-state index is 13.9. The van der Waals surface area contributed by atoms with Gasteiger partial charge in [0.15, 0.2) is 0 Å². The molecule has 0 bridgehead atoms. The number of nitrogens with zero attached hydrogens (tertiary/aromatic N) is 2. The predicted molar refractivity (Wildman–Crippen MR) is 137 cm³/mol. The van der Waals surface area contributed by atoms with Crippen molar-refractivity contribution in [1.82, 2.24) is 9.80 Å². The normalized spacial score (nSPS) is 11.6. The van der Waals surface area contributed by atoms with E-state index in [4.69, 9.17) is 0 Å². The zero-order chi connectivity index (χ0) is 25.7. The molecule has 186 valence electrons. The van der Waals surface area contributed by atoms with E-state index < -0.39 is 0 Å². The summed E-state index contributed by atoms with van der Waals surface area (Å²) >= 11 is 0. The Bertz CT molecular complexity index is 914. The van der Waals surface area contributed by atoms with Crippen LogP contribution in [-0.4, -0.2) is 56.0 Å². The molecule has 6 nitrogen and oxygen atoms in total. The van der Waals surface area contributed by atoms with Crippen LogP contribution in [0.5, 0.6) is 0 Å². The largest absolute Gasteiger partial charge is 0.392 e. The molecule has 0 spiro atoms. The van der Waals surface area contributed by atoms with Crippen molar-refractivity contribution < 1.29 is 19.8 Å². The molecule has 2 rings (SSSR count). The highest BCUT2D eigenvalue weighted by molar-refractivity contribution is 6.08. The lowest BCUT2D eigenvalue weighted by atomic mass is 9.88. The summed E-state index contributed by atoms with van der Waals surface area (Å²) in [7, 11) is 0. The third kappa shape index (κ3) is 5.50. The summed E-state index contributed by atoms with van der Waals surface area (Å²) in [5.41, 5.74) is 2.94. The third-order valence-electron chi connectivity index (χ3n) is 6.05. The minimum Gasteiger partial charge on any atom is -0.392 e. The predicted octanol–water partition coefficient (Wildman–Crippen LogP) is 4.86. The van der Waals surface area contributed by atoms with E-state index in [2.05, 4.69) is 0 Å². The van der Waals surface area contributed by atoms with E-state index in [0.29, 0.717) is 33.4 Å². The zero-order valence-electron chi connectivity index (χ0n) is 21.8. The molecule has 0 aliphatic carbocycles. The summed E-state index contributed by atoms with van der Waals surface area (Å²) in [6, 6.07) is 10.5. The Labute approximate surface area is 204 Å². The van der Waals surface area contributed by atoms with Crippen LogP contribution in [0.4, 0.5) is 0 Å². The van der Waals surface area contributed by atoms with Crippen LogP contribution in [0.15, 0.2) is 36.4 Å². The number of carbonyl (C=O) groups is 2. The fourth-order valence-electron chi connectivity index (χ4n) is 4.81. The Morgan fingerprint density at radius 3 is 1.15 bits per heavy atom. The molecule has 2 amide bonds. The highest BCUT2D eigenvalue weighted by atomic mass is 16.3. The van der Waals surface area contributed by atoms with Crippen LogP contribution in [0, 0.1) is 0 Å². The molecule has 34 heavy (non-hydrogen) atoms. The molecule has 0 aliphatic heterocycles. The average Bonchev–Trinajstić information content (AvgIpc) is 2.76. The van der Waals surface area contributed by atoms with Gasteiger partial charge in [-0.3, -0.25) is 9.59 Å². The molecule has 0 saturated heterocycles. The maximum absolute atomic E-state index is 13.9. The molecule has 2 N–H and O–H groups in total. The van der Waals surface area contributed by atoms with Gasteiger partial charge >= 0.3 is 0 Å². The summed E-state index contributed by atoms with van der Waals surface area (Å²) in [6.45, 7) is 15.1. The van der Waals surface area contributed by atoms with Gasteiger partial charge in [-0.1, -0.05) is 36.4 Å². The van der Waals surface area contributed by atoms with Gasteiger partial charge in [-0.2, -0.15) is 0 Å². The number of amides is 2.